The van der Waals surface area contributed by atoms with Crippen LogP contribution in [0.1, 0.15) is 31.4 Å². The number of hydrogen-bond donors (Lipinski definition) is 0. The lowest BCUT2D eigenvalue weighted by atomic mass is 9.78. The third kappa shape index (κ3) is 4.19. The van der Waals surface area contributed by atoms with Gasteiger partial charge in [-0.05, 0) is 25.0 Å². The van der Waals surface area contributed by atoms with E-state index < -0.39 is 17.7 Å². The van der Waals surface area contributed by atoms with Crippen molar-refractivity contribution in [1.29, 1.82) is 0 Å². The minimum absolute atomic E-state index is 0.0371. The van der Waals surface area contributed by atoms with Crippen LogP contribution in [-0.2, 0) is 23.9 Å². The van der Waals surface area contributed by atoms with Gasteiger partial charge in [-0.15, -0.1) is 0 Å². The second-order valence-electron chi connectivity index (χ2n) is 6.38. The summed E-state index contributed by atoms with van der Waals surface area (Å²) in [5.41, 5.74) is 2.51. The Labute approximate surface area is 169 Å². The fourth-order valence-electron chi connectivity index (χ4n) is 3.38. The molecular weight excluding hydrogens is 368 g/mol. The van der Waals surface area contributed by atoms with Crippen molar-refractivity contribution in [2.45, 2.75) is 20.3 Å². The van der Waals surface area contributed by atoms with Gasteiger partial charge in [0.2, 0.25) is 0 Å². The van der Waals surface area contributed by atoms with Crippen LogP contribution < -0.4 is 0 Å². The molecule has 0 aromatic heterocycles. The molecule has 5 nitrogen and oxygen atoms in total. The molecule has 2 aromatic rings. The van der Waals surface area contributed by atoms with E-state index in [0.29, 0.717) is 16.7 Å². The van der Waals surface area contributed by atoms with E-state index in [2.05, 4.69) is 0 Å². The molecule has 2 aromatic carbocycles. The van der Waals surface area contributed by atoms with Gasteiger partial charge < -0.3 is 9.47 Å². The van der Waals surface area contributed by atoms with Gasteiger partial charge in [-0.3, -0.25) is 4.79 Å². The highest BCUT2D eigenvalue weighted by Gasteiger charge is 2.36. The summed E-state index contributed by atoms with van der Waals surface area (Å²) in [5, 5.41) is 0. The topological polar surface area (TPSA) is 69.7 Å². The van der Waals surface area contributed by atoms with Gasteiger partial charge in [0, 0.05) is 17.6 Å². The summed E-state index contributed by atoms with van der Waals surface area (Å²) < 4.78 is 10.4. The Morgan fingerprint density at radius 1 is 0.759 bits per heavy atom. The maximum absolute atomic E-state index is 13.0. The molecular formula is C24H22O5. The molecule has 0 fully saturated rings. The fourth-order valence-corrected chi connectivity index (χ4v) is 3.38. The van der Waals surface area contributed by atoms with E-state index in [1.165, 1.54) is 0 Å². The summed E-state index contributed by atoms with van der Waals surface area (Å²) in [6.07, 6.45) is -0.215. The zero-order chi connectivity index (χ0) is 20.8. The SMILES string of the molecule is CCOC(=O)C1=C(c2ccccc2)C(c2ccccc2)=C(C(=O)OCC)C(=O)C1. The molecule has 0 atom stereocenters. The van der Waals surface area contributed by atoms with Gasteiger partial charge in [0.05, 0.1) is 18.8 Å². The zero-order valence-corrected chi connectivity index (χ0v) is 16.4. The standard InChI is InChI=1S/C24H22O5/c1-3-28-23(26)18-15-19(25)22(24(27)29-4-2)21(17-13-9-6-10-14-17)20(18)16-11-7-5-8-12-16/h5-14H,3-4,15H2,1-2H3. The molecule has 5 heteroatoms. The minimum atomic E-state index is -0.687. The molecule has 148 valence electrons. The average Bonchev–Trinajstić information content (AvgIpc) is 2.74. The number of esters is 2. The molecule has 0 bridgehead atoms. The summed E-state index contributed by atoms with van der Waals surface area (Å²) >= 11 is 0. The van der Waals surface area contributed by atoms with Gasteiger partial charge >= 0.3 is 11.9 Å². The van der Waals surface area contributed by atoms with Crippen LogP contribution in [0.25, 0.3) is 11.1 Å². The van der Waals surface area contributed by atoms with Crippen LogP contribution in [-0.4, -0.2) is 30.9 Å². The third-order valence-corrected chi connectivity index (χ3v) is 4.54. The summed E-state index contributed by atoms with van der Waals surface area (Å²) in [5.74, 6) is -1.70. The van der Waals surface area contributed by atoms with E-state index in [1.54, 1.807) is 26.0 Å². The lowest BCUT2D eigenvalue weighted by molar-refractivity contribution is -0.141. The number of allylic oxidation sites excluding steroid dienone is 2. The lowest BCUT2D eigenvalue weighted by Gasteiger charge is -2.25. The number of carbonyl (C=O) groups excluding carboxylic acids is 3. The van der Waals surface area contributed by atoms with Crippen LogP contribution in [0.4, 0.5) is 0 Å². The van der Waals surface area contributed by atoms with Crippen molar-refractivity contribution in [2.24, 2.45) is 0 Å². The summed E-state index contributed by atoms with van der Waals surface area (Å²) in [6.45, 7) is 3.73. The Bertz CT molecular complexity index is 984. The maximum atomic E-state index is 13.0. The van der Waals surface area contributed by atoms with Crippen LogP contribution in [0.2, 0.25) is 0 Å². The smallest absolute Gasteiger partial charge is 0.342 e. The zero-order valence-electron chi connectivity index (χ0n) is 16.4. The summed E-state index contributed by atoms with van der Waals surface area (Å²) in [7, 11) is 0. The fraction of sp³-hybridized carbons (Fsp3) is 0.208. The predicted molar refractivity (Wildman–Crippen MR) is 110 cm³/mol. The van der Waals surface area contributed by atoms with Crippen molar-refractivity contribution in [1.82, 2.24) is 0 Å². The number of ether oxygens (including phenoxy) is 2. The van der Waals surface area contributed by atoms with Crippen molar-refractivity contribution in [3.63, 3.8) is 0 Å². The molecule has 0 N–H and O–H groups in total. The molecule has 0 spiro atoms. The van der Waals surface area contributed by atoms with Gasteiger partial charge in [0.15, 0.2) is 5.78 Å². The van der Waals surface area contributed by atoms with E-state index in [1.807, 2.05) is 48.5 Å². The third-order valence-electron chi connectivity index (χ3n) is 4.54. The van der Waals surface area contributed by atoms with E-state index >= 15 is 0 Å². The van der Waals surface area contributed by atoms with Crippen molar-refractivity contribution >= 4 is 28.9 Å². The largest absolute Gasteiger partial charge is 0.463 e. The van der Waals surface area contributed by atoms with Crippen molar-refractivity contribution in [3.8, 4) is 0 Å². The lowest BCUT2D eigenvalue weighted by Crippen LogP contribution is -2.25. The molecule has 0 unspecified atom stereocenters. The monoisotopic (exact) mass is 390 g/mol. The summed E-state index contributed by atoms with van der Waals surface area (Å²) in [6, 6.07) is 18.3. The Balaban J connectivity index is 2.37. The molecule has 3 rings (SSSR count). The van der Waals surface area contributed by atoms with Gasteiger partial charge in [-0.2, -0.15) is 0 Å². The Morgan fingerprint density at radius 3 is 1.76 bits per heavy atom. The Morgan fingerprint density at radius 2 is 1.24 bits per heavy atom. The number of ketones is 1. The first-order chi connectivity index (χ1) is 14.1. The molecule has 0 heterocycles. The molecule has 1 aliphatic carbocycles. The second-order valence-corrected chi connectivity index (χ2v) is 6.38. The van der Waals surface area contributed by atoms with Crippen LogP contribution >= 0.6 is 0 Å². The number of carbonyl (C=O) groups is 3. The van der Waals surface area contributed by atoms with Crippen LogP contribution in [0.5, 0.6) is 0 Å². The molecule has 0 radical (unpaired) electrons. The molecule has 0 saturated heterocycles. The van der Waals surface area contributed by atoms with E-state index in [9.17, 15) is 14.4 Å². The summed E-state index contributed by atoms with van der Waals surface area (Å²) in [4.78, 5) is 38.5. The van der Waals surface area contributed by atoms with Crippen molar-refractivity contribution < 1.29 is 23.9 Å². The Hall–Kier alpha value is -3.47. The highest BCUT2D eigenvalue weighted by molar-refractivity contribution is 6.34. The number of benzene rings is 2. The van der Waals surface area contributed by atoms with Gasteiger partial charge in [-0.1, -0.05) is 60.7 Å². The predicted octanol–water partition coefficient (Wildman–Crippen LogP) is 3.99. The molecule has 1 aliphatic rings. The number of rotatable bonds is 6. The maximum Gasteiger partial charge on any atom is 0.342 e. The first-order valence-corrected chi connectivity index (χ1v) is 9.54. The Kier molecular flexibility index (Phi) is 6.39. The highest BCUT2D eigenvalue weighted by atomic mass is 16.5. The van der Waals surface area contributed by atoms with Crippen LogP contribution in [0.3, 0.4) is 0 Å². The second kappa shape index (κ2) is 9.15. The van der Waals surface area contributed by atoms with Crippen molar-refractivity contribution in [3.05, 3.63) is 82.9 Å². The molecule has 0 aliphatic heterocycles. The molecule has 0 saturated carbocycles. The quantitative estimate of drug-likeness (QED) is 0.551. The highest BCUT2D eigenvalue weighted by Crippen LogP contribution is 2.42. The van der Waals surface area contributed by atoms with E-state index in [-0.39, 0.29) is 30.8 Å². The van der Waals surface area contributed by atoms with Gasteiger partial charge in [0.1, 0.15) is 5.57 Å². The van der Waals surface area contributed by atoms with E-state index in [0.717, 1.165) is 5.56 Å². The van der Waals surface area contributed by atoms with Crippen LogP contribution in [0.15, 0.2) is 71.8 Å². The van der Waals surface area contributed by atoms with Gasteiger partial charge in [-0.25, -0.2) is 9.59 Å². The number of hydrogen-bond acceptors (Lipinski definition) is 5. The first kappa shape index (κ1) is 20.3. The molecule has 0 amide bonds. The minimum Gasteiger partial charge on any atom is -0.463 e. The van der Waals surface area contributed by atoms with Crippen molar-refractivity contribution in [2.75, 3.05) is 13.2 Å². The normalized spacial score (nSPS) is 14.1. The average molecular weight is 390 g/mol. The van der Waals surface area contributed by atoms with Gasteiger partial charge in [0.25, 0.3) is 0 Å². The number of Topliss-reactive ketones (excluding diaryl/α,β-unsaturated/α-hetero) is 1. The first-order valence-electron chi connectivity index (χ1n) is 9.54. The molecule has 29 heavy (non-hydrogen) atoms. The van der Waals surface area contributed by atoms with E-state index in [4.69, 9.17) is 9.47 Å². The van der Waals surface area contributed by atoms with Crippen LogP contribution in [0, 0.1) is 0 Å².